The molecule has 0 aliphatic heterocycles. The highest BCUT2D eigenvalue weighted by Crippen LogP contribution is 2.29. The van der Waals surface area contributed by atoms with Crippen molar-refractivity contribution in [3.8, 4) is 0 Å². The van der Waals surface area contributed by atoms with Crippen LogP contribution in [0.5, 0.6) is 0 Å². The number of hydrogen-bond acceptors (Lipinski definition) is 5. The van der Waals surface area contributed by atoms with Crippen molar-refractivity contribution in [2.45, 2.75) is 11.8 Å². The molecule has 96 valence electrons. The first kappa shape index (κ1) is 14.2. The number of nitro groups is 1. The number of aldehydes is 1. The molecule has 18 heavy (non-hydrogen) atoms. The minimum Gasteiger partial charge on any atom is -0.356 e. The maximum absolute atomic E-state index is 11.3. The van der Waals surface area contributed by atoms with Crippen molar-refractivity contribution in [3.63, 3.8) is 0 Å². The first-order valence-corrected chi connectivity index (χ1v) is 6.20. The van der Waals surface area contributed by atoms with Crippen LogP contribution in [0.15, 0.2) is 23.1 Å². The zero-order valence-corrected chi connectivity index (χ0v) is 10.5. The van der Waals surface area contributed by atoms with E-state index in [4.69, 9.17) is 0 Å². The Morgan fingerprint density at radius 2 is 2.28 bits per heavy atom. The van der Waals surface area contributed by atoms with Crippen molar-refractivity contribution in [3.05, 3.63) is 33.9 Å². The van der Waals surface area contributed by atoms with Gasteiger partial charge in [-0.25, -0.2) is 0 Å². The van der Waals surface area contributed by atoms with Crippen molar-refractivity contribution in [2.24, 2.45) is 0 Å². The standard InChI is InChI=1S/C11H12N2O4S/c1-2-12-11(15)7-18-10-4-3-8(6-14)5-9(10)13(16)17/h3-6H,2,7H2,1H3,(H,12,15). The van der Waals surface area contributed by atoms with E-state index in [-0.39, 0.29) is 22.9 Å². The SMILES string of the molecule is CCNC(=O)CSc1ccc(C=O)cc1[N+](=O)[O-]. The first-order valence-electron chi connectivity index (χ1n) is 5.21. The molecule has 0 aromatic heterocycles. The summed E-state index contributed by atoms with van der Waals surface area (Å²) < 4.78 is 0. The molecule has 1 N–H and O–H groups in total. The molecule has 0 heterocycles. The van der Waals surface area contributed by atoms with Crippen LogP contribution < -0.4 is 5.32 Å². The van der Waals surface area contributed by atoms with Crippen molar-refractivity contribution in [1.29, 1.82) is 0 Å². The summed E-state index contributed by atoms with van der Waals surface area (Å²) in [5, 5.41) is 13.4. The lowest BCUT2D eigenvalue weighted by molar-refractivity contribution is -0.387. The minimum atomic E-state index is -0.562. The van der Waals surface area contributed by atoms with E-state index < -0.39 is 4.92 Å². The van der Waals surface area contributed by atoms with E-state index in [1.54, 1.807) is 6.92 Å². The highest BCUT2D eigenvalue weighted by Gasteiger charge is 2.15. The fourth-order valence-corrected chi connectivity index (χ4v) is 2.10. The maximum atomic E-state index is 11.3. The van der Waals surface area contributed by atoms with E-state index in [9.17, 15) is 19.7 Å². The molecule has 0 fully saturated rings. The van der Waals surface area contributed by atoms with Crippen LogP contribution in [0.3, 0.4) is 0 Å². The second-order valence-corrected chi connectivity index (χ2v) is 4.36. The average molecular weight is 268 g/mol. The lowest BCUT2D eigenvalue weighted by atomic mass is 10.2. The van der Waals surface area contributed by atoms with Crippen LogP contribution in [0, 0.1) is 10.1 Å². The summed E-state index contributed by atoms with van der Waals surface area (Å²) in [6, 6.07) is 4.17. The maximum Gasteiger partial charge on any atom is 0.283 e. The predicted octanol–water partition coefficient (Wildman–Crippen LogP) is 1.64. The van der Waals surface area contributed by atoms with E-state index in [0.717, 1.165) is 11.8 Å². The number of amides is 1. The van der Waals surface area contributed by atoms with E-state index in [0.29, 0.717) is 17.7 Å². The van der Waals surface area contributed by atoms with Crippen LogP contribution in [0.4, 0.5) is 5.69 Å². The number of nitro benzene ring substituents is 1. The topological polar surface area (TPSA) is 89.3 Å². The van der Waals surface area contributed by atoms with Gasteiger partial charge in [0.2, 0.25) is 5.91 Å². The van der Waals surface area contributed by atoms with Gasteiger partial charge in [-0.15, -0.1) is 11.8 Å². The molecule has 1 amide bonds. The molecule has 0 saturated carbocycles. The molecule has 0 aliphatic carbocycles. The summed E-state index contributed by atoms with van der Waals surface area (Å²) in [6.07, 6.45) is 0.547. The second-order valence-electron chi connectivity index (χ2n) is 3.34. The number of nitrogens with one attached hydrogen (secondary N) is 1. The predicted molar refractivity (Wildman–Crippen MR) is 67.9 cm³/mol. The Morgan fingerprint density at radius 3 is 2.83 bits per heavy atom. The molecular formula is C11H12N2O4S. The number of hydrogen-bond donors (Lipinski definition) is 1. The molecule has 0 saturated heterocycles. The lowest BCUT2D eigenvalue weighted by Crippen LogP contribution is -2.24. The van der Waals surface area contributed by atoms with Crippen molar-refractivity contribution in [1.82, 2.24) is 5.32 Å². The molecule has 1 rings (SSSR count). The van der Waals surface area contributed by atoms with Crippen molar-refractivity contribution >= 4 is 29.6 Å². The van der Waals surface area contributed by atoms with E-state index >= 15 is 0 Å². The third kappa shape index (κ3) is 3.85. The number of thioether (sulfide) groups is 1. The van der Waals surface area contributed by atoms with Gasteiger partial charge in [0.1, 0.15) is 6.29 Å². The van der Waals surface area contributed by atoms with Crippen LogP contribution in [-0.2, 0) is 4.79 Å². The molecule has 0 bridgehead atoms. The summed E-state index contributed by atoms with van der Waals surface area (Å²) in [5.41, 5.74) is 0.0814. The fourth-order valence-electron chi connectivity index (χ4n) is 1.26. The lowest BCUT2D eigenvalue weighted by Gasteiger charge is -2.04. The summed E-state index contributed by atoms with van der Waals surface area (Å²) in [5.74, 6) is -0.0778. The van der Waals surface area contributed by atoms with Crippen LogP contribution in [0.25, 0.3) is 0 Å². The van der Waals surface area contributed by atoms with Gasteiger partial charge >= 0.3 is 0 Å². The summed E-state index contributed by atoms with van der Waals surface area (Å²) in [4.78, 5) is 32.5. The van der Waals surface area contributed by atoms with Gasteiger partial charge in [0.25, 0.3) is 5.69 Å². The van der Waals surface area contributed by atoms with Gasteiger partial charge in [-0.2, -0.15) is 0 Å². The van der Waals surface area contributed by atoms with Crippen LogP contribution in [-0.4, -0.2) is 29.4 Å². The quantitative estimate of drug-likeness (QED) is 0.366. The Hall–Kier alpha value is -1.89. The molecule has 1 aromatic carbocycles. The van der Waals surface area contributed by atoms with E-state index in [1.807, 2.05) is 0 Å². The van der Waals surface area contributed by atoms with Gasteiger partial charge in [-0.05, 0) is 13.0 Å². The van der Waals surface area contributed by atoms with Crippen LogP contribution in [0.2, 0.25) is 0 Å². The Kier molecular flexibility index (Phi) is 5.31. The molecule has 0 spiro atoms. The Labute approximate surface area is 108 Å². The van der Waals surface area contributed by atoms with E-state index in [1.165, 1.54) is 18.2 Å². The molecule has 7 heteroatoms. The van der Waals surface area contributed by atoms with Crippen LogP contribution >= 0.6 is 11.8 Å². The van der Waals surface area contributed by atoms with Crippen molar-refractivity contribution < 1.29 is 14.5 Å². The van der Waals surface area contributed by atoms with Gasteiger partial charge < -0.3 is 5.32 Å². The molecule has 1 aromatic rings. The van der Waals surface area contributed by atoms with Crippen LogP contribution in [0.1, 0.15) is 17.3 Å². The summed E-state index contributed by atoms with van der Waals surface area (Å²) >= 11 is 1.07. The van der Waals surface area contributed by atoms with Gasteiger partial charge in [0, 0.05) is 18.2 Å². The number of benzene rings is 1. The Morgan fingerprint density at radius 1 is 1.56 bits per heavy atom. The third-order valence-corrected chi connectivity index (χ3v) is 3.11. The fraction of sp³-hybridized carbons (Fsp3) is 0.273. The highest BCUT2D eigenvalue weighted by molar-refractivity contribution is 8.00. The second kappa shape index (κ2) is 6.75. The van der Waals surface area contributed by atoms with Gasteiger partial charge in [-0.3, -0.25) is 19.7 Å². The van der Waals surface area contributed by atoms with Gasteiger partial charge in [0.05, 0.1) is 15.6 Å². The zero-order chi connectivity index (χ0) is 13.5. The Balaban J connectivity index is 2.84. The molecule has 0 aliphatic rings. The molecular weight excluding hydrogens is 256 g/mol. The largest absolute Gasteiger partial charge is 0.356 e. The smallest absolute Gasteiger partial charge is 0.283 e. The van der Waals surface area contributed by atoms with Gasteiger partial charge in [0.15, 0.2) is 0 Å². The number of nitrogens with zero attached hydrogens (tertiary/aromatic N) is 1. The molecule has 6 nitrogen and oxygen atoms in total. The molecule has 0 radical (unpaired) electrons. The van der Waals surface area contributed by atoms with E-state index in [2.05, 4.69) is 5.32 Å². The Bertz CT molecular complexity index is 476. The normalized spacial score (nSPS) is 9.83. The third-order valence-electron chi connectivity index (χ3n) is 2.05. The summed E-state index contributed by atoms with van der Waals surface area (Å²) in [6.45, 7) is 2.31. The first-order chi connectivity index (χ1) is 8.58. The number of rotatable bonds is 6. The number of carbonyl (C=O) groups is 2. The molecule has 0 unspecified atom stereocenters. The number of carbonyl (C=O) groups excluding carboxylic acids is 2. The molecule has 0 atom stereocenters. The minimum absolute atomic E-state index is 0.106. The monoisotopic (exact) mass is 268 g/mol. The average Bonchev–Trinajstić information content (AvgIpc) is 2.36. The summed E-state index contributed by atoms with van der Waals surface area (Å²) in [7, 11) is 0. The van der Waals surface area contributed by atoms with Crippen molar-refractivity contribution in [2.75, 3.05) is 12.3 Å². The zero-order valence-electron chi connectivity index (χ0n) is 9.71. The highest BCUT2D eigenvalue weighted by atomic mass is 32.2. The van der Waals surface area contributed by atoms with Gasteiger partial charge in [-0.1, -0.05) is 6.07 Å².